The molecule has 3 aromatic carbocycles. The molecule has 1 aliphatic carbocycles. The van der Waals surface area contributed by atoms with Crippen molar-refractivity contribution in [2.24, 2.45) is 5.92 Å². The summed E-state index contributed by atoms with van der Waals surface area (Å²) < 4.78 is 28.6. The van der Waals surface area contributed by atoms with E-state index in [4.69, 9.17) is 0 Å². The summed E-state index contributed by atoms with van der Waals surface area (Å²) in [6.07, 6.45) is 7.71. The topological polar surface area (TPSA) is 0 Å². The van der Waals surface area contributed by atoms with Gasteiger partial charge in [-0.2, -0.15) is 0 Å². The third kappa shape index (κ3) is 3.76. The highest BCUT2D eigenvalue weighted by Gasteiger charge is 2.22. The average Bonchev–Trinajstić information content (AvgIpc) is 2.69. The Hall–Kier alpha value is -2.22. The molecule has 0 unspecified atom stereocenters. The maximum absolute atomic E-state index is 15.1. The highest BCUT2D eigenvalue weighted by molar-refractivity contribution is 5.88. The minimum absolute atomic E-state index is 0.267. The number of benzene rings is 3. The Morgan fingerprint density at radius 3 is 2.44 bits per heavy atom. The van der Waals surface area contributed by atoms with Gasteiger partial charge in [-0.3, -0.25) is 0 Å². The summed E-state index contributed by atoms with van der Waals surface area (Å²) in [6, 6.07) is 16.0. The maximum atomic E-state index is 15.1. The number of hydrogen-bond acceptors (Lipinski definition) is 0. The maximum Gasteiger partial charge on any atom is 0.138 e. The molecule has 0 aromatic heterocycles. The van der Waals surface area contributed by atoms with Crippen LogP contribution in [0.15, 0.2) is 54.6 Å². The van der Waals surface area contributed by atoms with Gasteiger partial charge in [0.1, 0.15) is 11.6 Å². The lowest BCUT2D eigenvalue weighted by atomic mass is 9.77. The largest absolute Gasteiger partial charge is 0.207 e. The molecule has 140 valence electrons. The number of fused-ring (bicyclic) bond motifs is 1. The molecular weight excluding hydrogens is 338 g/mol. The summed E-state index contributed by atoms with van der Waals surface area (Å²) in [5.74, 6) is 0.865. The van der Waals surface area contributed by atoms with E-state index in [1.54, 1.807) is 18.2 Å². The zero-order valence-electron chi connectivity index (χ0n) is 15.8. The van der Waals surface area contributed by atoms with Gasteiger partial charge in [0.15, 0.2) is 0 Å². The van der Waals surface area contributed by atoms with Crippen molar-refractivity contribution < 1.29 is 8.78 Å². The molecule has 3 aromatic rings. The lowest BCUT2D eigenvalue weighted by Crippen LogP contribution is -2.13. The summed E-state index contributed by atoms with van der Waals surface area (Å²) >= 11 is 0. The van der Waals surface area contributed by atoms with Gasteiger partial charge in [0.25, 0.3) is 0 Å². The smallest absolute Gasteiger partial charge is 0.138 e. The highest BCUT2D eigenvalue weighted by atomic mass is 19.1. The summed E-state index contributed by atoms with van der Waals surface area (Å²) in [5, 5.41) is 1.54. The molecule has 1 fully saturated rings. The second-order valence-corrected chi connectivity index (χ2v) is 7.92. The van der Waals surface area contributed by atoms with Crippen LogP contribution in [0, 0.1) is 17.6 Å². The Balaban J connectivity index is 1.62. The fourth-order valence-electron chi connectivity index (χ4n) is 4.64. The first-order valence-electron chi connectivity index (χ1n) is 10.1. The van der Waals surface area contributed by atoms with E-state index < -0.39 is 0 Å². The normalized spacial score (nSPS) is 20.1. The molecule has 0 atom stereocenters. The Kier molecular flexibility index (Phi) is 5.24. The van der Waals surface area contributed by atoms with Crippen LogP contribution >= 0.6 is 0 Å². The minimum Gasteiger partial charge on any atom is -0.207 e. The van der Waals surface area contributed by atoms with Crippen LogP contribution in [0.25, 0.3) is 21.9 Å². The summed E-state index contributed by atoms with van der Waals surface area (Å²) in [4.78, 5) is 0. The van der Waals surface area contributed by atoms with E-state index in [1.807, 2.05) is 12.1 Å². The van der Waals surface area contributed by atoms with Crippen LogP contribution in [0.5, 0.6) is 0 Å². The van der Waals surface area contributed by atoms with Crippen molar-refractivity contribution in [2.75, 3.05) is 0 Å². The number of halogens is 2. The van der Waals surface area contributed by atoms with Gasteiger partial charge in [0.2, 0.25) is 0 Å². The van der Waals surface area contributed by atoms with Crippen LogP contribution in [0.2, 0.25) is 0 Å². The van der Waals surface area contributed by atoms with Crippen molar-refractivity contribution in [2.45, 2.75) is 51.4 Å². The first kappa shape index (κ1) is 18.2. The van der Waals surface area contributed by atoms with E-state index >= 15 is 4.39 Å². The minimum atomic E-state index is -0.346. The van der Waals surface area contributed by atoms with Crippen molar-refractivity contribution in [1.82, 2.24) is 0 Å². The first-order chi connectivity index (χ1) is 13.2. The van der Waals surface area contributed by atoms with Gasteiger partial charge in [-0.15, -0.1) is 0 Å². The lowest BCUT2D eigenvalue weighted by molar-refractivity contribution is 0.308. The molecule has 0 amide bonds. The third-order valence-electron chi connectivity index (χ3n) is 6.13. The quantitative estimate of drug-likeness (QED) is 0.442. The van der Waals surface area contributed by atoms with Crippen LogP contribution in [0.3, 0.4) is 0 Å². The van der Waals surface area contributed by atoms with Crippen LogP contribution in [-0.2, 0) is 0 Å². The number of rotatable bonds is 4. The van der Waals surface area contributed by atoms with E-state index in [2.05, 4.69) is 19.1 Å². The third-order valence-corrected chi connectivity index (χ3v) is 6.13. The number of hydrogen-bond donors (Lipinski definition) is 0. The van der Waals surface area contributed by atoms with E-state index in [9.17, 15) is 4.39 Å². The van der Waals surface area contributed by atoms with Crippen LogP contribution in [0.1, 0.15) is 56.9 Å². The van der Waals surface area contributed by atoms with Crippen molar-refractivity contribution in [1.29, 1.82) is 0 Å². The second-order valence-electron chi connectivity index (χ2n) is 7.92. The van der Waals surface area contributed by atoms with Gasteiger partial charge in [0, 0.05) is 10.9 Å². The first-order valence-corrected chi connectivity index (χ1v) is 10.1. The van der Waals surface area contributed by atoms with Crippen LogP contribution in [-0.4, -0.2) is 0 Å². The molecule has 27 heavy (non-hydrogen) atoms. The Labute approximate surface area is 160 Å². The van der Waals surface area contributed by atoms with Crippen molar-refractivity contribution in [3.8, 4) is 11.1 Å². The second kappa shape index (κ2) is 7.80. The van der Waals surface area contributed by atoms with E-state index in [0.717, 1.165) is 11.3 Å². The summed E-state index contributed by atoms with van der Waals surface area (Å²) in [6.45, 7) is 2.27. The van der Waals surface area contributed by atoms with Gasteiger partial charge in [-0.05, 0) is 66.2 Å². The molecule has 1 aliphatic rings. The fourth-order valence-corrected chi connectivity index (χ4v) is 4.64. The molecule has 0 spiro atoms. The van der Waals surface area contributed by atoms with Crippen molar-refractivity contribution >= 4 is 10.8 Å². The monoisotopic (exact) mass is 364 g/mol. The molecule has 0 heterocycles. The highest BCUT2D eigenvalue weighted by Crippen LogP contribution is 2.39. The standard InChI is InChI=1S/C25H26F2/c1-2-4-17-7-9-18(10-8-17)19-11-13-24-21(15-19)12-14-23(25(24)27)20-5-3-6-22(26)16-20/h3,5-6,11-18H,2,4,7-10H2,1H3. The molecule has 2 heteroatoms. The zero-order valence-corrected chi connectivity index (χ0v) is 15.8. The van der Waals surface area contributed by atoms with Crippen LogP contribution in [0.4, 0.5) is 8.78 Å². The van der Waals surface area contributed by atoms with Gasteiger partial charge in [0.05, 0.1) is 0 Å². The molecular formula is C25H26F2. The SMILES string of the molecule is CCCC1CCC(c2ccc3c(F)c(-c4cccc(F)c4)ccc3c2)CC1. The molecule has 1 saturated carbocycles. The molecule has 0 aliphatic heterocycles. The molecule has 0 saturated heterocycles. The average molecular weight is 364 g/mol. The molecule has 4 rings (SSSR count). The molecule has 0 N–H and O–H groups in total. The predicted octanol–water partition coefficient (Wildman–Crippen LogP) is 7.86. The van der Waals surface area contributed by atoms with Gasteiger partial charge in [-0.1, -0.05) is 62.2 Å². The van der Waals surface area contributed by atoms with Crippen molar-refractivity contribution in [3.63, 3.8) is 0 Å². The Bertz CT molecular complexity index is 936. The zero-order chi connectivity index (χ0) is 18.8. The summed E-state index contributed by atoms with van der Waals surface area (Å²) in [7, 11) is 0. The van der Waals surface area contributed by atoms with Gasteiger partial charge < -0.3 is 0 Å². The van der Waals surface area contributed by atoms with E-state index in [0.29, 0.717) is 22.4 Å². The van der Waals surface area contributed by atoms with Crippen molar-refractivity contribution in [3.05, 3.63) is 71.8 Å². The Morgan fingerprint density at radius 1 is 0.889 bits per heavy atom. The van der Waals surface area contributed by atoms with E-state index in [-0.39, 0.29) is 11.6 Å². The summed E-state index contributed by atoms with van der Waals surface area (Å²) in [5.41, 5.74) is 2.36. The Morgan fingerprint density at radius 2 is 1.70 bits per heavy atom. The lowest BCUT2D eigenvalue weighted by Gasteiger charge is -2.28. The van der Waals surface area contributed by atoms with E-state index in [1.165, 1.54) is 56.2 Å². The molecule has 0 nitrogen and oxygen atoms in total. The molecule has 0 radical (unpaired) electrons. The van der Waals surface area contributed by atoms with Gasteiger partial charge >= 0.3 is 0 Å². The predicted molar refractivity (Wildman–Crippen MR) is 109 cm³/mol. The molecule has 0 bridgehead atoms. The van der Waals surface area contributed by atoms with Crippen LogP contribution < -0.4 is 0 Å². The van der Waals surface area contributed by atoms with Gasteiger partial charge in [-0.25, -0.2) is 8.78 Å². The fraction of sp³-hybridized carbons (Fsp3) is 0.360.